The fraction of sp³-hybridized carbons (Fsp3) is 0.207. The highest BCUT2D eigenvalue weighted by atomic mass is 35.5. The highest BCUT2D eigenvalue weighted by Gasteiger charge is 2.51. The van der Waals surface area contributed by atoms with Gasteiger partial charge in [0.25, 0.3) is 0 Å². The van der Waals surface area contributed by atoms with E-state index in [2.05, 4.69) is 10.5 Å². The Hall–Kier alpha value is -4.10. The normalized spacial score (nSPS) is 14.6. The first kappa shape index (κ1) is 24.6. The fourth-order valence-corrected chi connectivity index (χ4v) is 4.71. The van der Waals surface area contributed by atoms with E-state index in [1.54, 1.807) is 19.9 Å². The summed E-state index contributed by atoms with van der Waals surface area (Å²) in [5.74, 6) is -0.350. The summed E-state index contributed by atoms with van der Waals surface area (Å²) in [6.45, 7) is 3.49. The highest BCUT2D eigenvalue weighted by Crippen LogP contribution is 2.48. The number of benzene rings is 3. The molecule has 0 saturated heterocycles. The summed E-state index contributed by atoms with van der Waals surface area (Å²) in [5, 5.41) is 16.8. The average Bonchev–Trinajstić information content (AvgIpc) is 3.64. The lowest BCUT2D eigenvalue weighted by Crippen LogP contribution is -2.19. The van der Waals surface area contributed by atoms with Crippen molar-refractivity contribution in [1.29, 1.82) is 0 Å². The van der Waals surface area contributed by atoms with Gasteiger partial charge in [-0.15, -0.1) is 0 Å². The summed E-state index contributed by atoms with van der Waals surface area (Å²) >= 11 is 6.22. The molecule has 1 amide bonds. The van der Waals surface area contributed by atoms with Gasteiger partial charge in [0.1, 0.15) is 17.5 Å². The quantitative estimate of drug-likeness (QED) is 0.265. The second-order valence-electron chi connectivity index (χ2n) is 9.21. The van der Waals surface area contributed by atoms with Gasteiger partial charge in [-0.05, 0) is 49.4 Å². The van der Waals surface area contributed by atoms with Crippen molar-refractivity contribution in [3.8, 4) is 22.5 Å². The van der Waals surface area contributed by atoms with E-state index < -0.39 is 23.6 Å². The zero-order chi connectivity index (χ0) is 26.2. The summed E-state index contributed by atoms with van der Waals surface area (Å²) in [6, 6.07) is 22.5. The lowest BCUT2D eigenvalue weighted by molar-refractivity contribution is -0.140. The first-order chi connectivity index (χ1) is 17.8. The number of carbonyl (C=O) groups is 2. The zero-order valence-electron chi connectivity index (χ0n) is 20.3. The van der Waals surface area contributed by atoms with Gasteiger partial charge in [-0.1, -0.05) is 83.5 Å². The Kier molecular flexibility index (Phi) is 6.48. The first-order valence-corrected chi connectivity index (χ1v) is 12.3. The molecular weight excluding hydrogens is 492 g/mol. The molecule has 0 bridgehead atoms. The number of carboxylic acids is 1. The van der Waals surface area contributed by atoms with Crippen molar-refractivity contribution in [2.75, 3.05) is 5.32 Å². The van der Waals surface area contributed by atoms with Gasteiger partial charge in [-0.25, -0.2) is 4.79 Å². The van der Waals surface area contributed by atoms with Gasteiger partial charge in [-0.3, -0.25) is 10.1 Å². The maximum absolute atomic E-state index is 12.6. The predicted octanol–water partition coefficient (Wildman–Crippen LogP) is 7.40. The Morgan fingerprint density at radius 3 is 2.19 bits per heavy atom. The first-order valence-electron chi connectivity index (χ1n) is 11.9. The third-order valence-electron chi connectivity index (χ3n) is 6.79. The number of aromatic nitrogens is 1. The minimum atomic E-state index is -0.765. The number of amides is 1. The fourth-order valence-electron chi connectivity index (χ4n) is 4.42. The standard InChI is InChI=1S/C29H25ClN2O5/c1-17-25(31-28(35)36-18(2)23-5-3-4-6-24(23)30)26(37-32-17)21-9-7-19(8-10-21)20-11-13-22(14-12-20)29(15-16-29)27(33)34/h3-14,18H,15-16H2,1-2H3,(H,31,35)(H,33,34)/t18-/m1/s1. The number of nitrogens with one attached hydrogen (secondary N) is 1. The van der Waals surface area contributed by atoms with Crippen LogP contribution in [0.15, 0.2) is 77.3 Å². The SMILES string of the molecule is Cc1noc(-c2ccc(-c3ccc(C4(C(=O)O)CC4)cc3)cc2)c1NC(=O)O[C@H](C)c1ccccc1Cl. The molecule has 7 nitrogen and oxygen atoms in total. The largest absolute Gasteiger partial charge is 0.481 e. The molecule has 1 aliphatic carbocycles. The summed E-state index contributed by atoms with van der Waals surface area (Å²) in [5.41, 5.74) is 4.45. The van der Waals surface area contributed by atoms with E-state index in [4.69, 9.17) is 20.9 Å². The van der Waals surface area contributed by atoms with Crippen LogP contribution in [0, 0.1) is 6.92 Å². The van der Waals surface area contributed by atoms with E-state index in [1.165, 1.54) is 0 Å². The maximum Gasteiger partial charge on any atom is 0.412 e. The zero-order valence-corrected chi connectivity index (χ0v) is 21.1. The molecule has 0 spiro atoms. The van der Waals surface area contributed by atoms with Crippen LogP contribution in [-0.4, -0.2) is 22.3 Å². The third-order valence-corrected chi connectivity index (χ3v) is 7.14. The number of halogens is 1. The molecule has 0 radical (unpaired) electrons. The molecule has 1 aromatic heterocycles. The second-order valence-corrected chi connectivity index (χ2v) is 9.62. The van der Waals surface area contributed by atoms with Gasteiger partial charge in [0, 0.05) is 16.1 Å². The number of hydrogen-bond donors (Lipinski definition) is 2. The van der Waals surface area contributed by atoms with Gasteiger partial charge in [-0.2, -0.15) is 0 Å². The molecule has 188 valence electrons. The summed E-state index contributed by atoms with van der Waals surface area (Å²) in [7, 11) is 0. The maximum atomic E-state index is 12.6. The summed E-state index contributed by atoms with van der Waals surface area (Å²) < 4.78 is 11.0. The van der Waals surface area contributed by atoms with Crippen LogP contribution in [0.4, 0.5) is 10.5 Å². The molecule has 3 aromatic carbocycles. The Morgan fingerprint density at radius 1 is 1.00 bits per heavy atom. The molecule has 1 atom stereocenters. The van der Waals surface area contributed by atoms with Crippen molar-refractivity contribution in [3.63, 3.8) is 0 Å². The van der Waals surface area contributed by atoms with E-state index in [9.17, 15) is 14.7 Å². The monoisotopic (exact) mass is 516 g/mol. The Bertz CT molecular complexity index is 1460. The number of aryl methyl sites for hydroxylation is 1. The van der Waals surface area contributed by atoms with Crippen LogP contribution in [0.1, 0.15) is 42.7 Å². The number of carboxylic acid groups (broad SMARTS) is 1. The molecule has 5 rings (SSSR count). The summed E-state index contributed by atoms with van der Waals surface area (Å²) in [6.07, 6.45) is 0.158. The van der Waals surface area contributed by atoms with Crippen molar-refractivity contribution in [3.05, 3.63) is 94.6 Å². The average molecular weight is 517 g/mol. The molecule has 37 heavy (non-hydrogen) atoms. The Labute approximate surface area is 219 Å². The Balaban J connectivity index is 1.30. The van der Waals surface area contributed by atoms with Crippen molar-refractivity contribution >= 4 is 29.4 Å². The van der Waals surface area contributed by atoms with Crippen LogP contribution < -0.4 is 5.32 Å². The lowest BCUT2D eigenvalue weighted by atomic mass is 9.93. The minimum absolute atomic E-state index is 0.416. The number of nitrogens with zero attached hydrogens (tertiary/aromatic N) is 1. The molecular formula is C29H25ClN2O5. The van der Waals surface area contributed by atoms with Crippen molar-refractivity contribution in [2.45, 2.75) is 38.2 Å². The van der Waals surface area contributed by atoms with Crippen molar-refractivity contribution in [1.82, 2.24) is 5.16 Å². The molecule has 1 saturated carbocycles. The van der Waals surface area contributed by atoms with Gasteiger partial charge in [0.15, 0.2) is 5.76 Å². The molecule has 0 aliphatic heterocycles. The molecule has 1 aliphatic rings. The second kappa shape index (κ2) is 9.75. The van der Waals surface area contributed by atoms with Gasteiger partial charge in [0.2, 0.25) is 0 Å². The van der Waals surface area contributed by atoms with E-state index >= 15 is 0 Å². The van der Waals surface area contributed by atoms with Crippen LogP contribution in [0.5, 0.6) is 0 Å². The highest BCUT2D eigenvalue weighted by molar-refractivity contribution is 6.31. The molecule has 1 heterocycles. The number of anilines is 1. The van der Waals surface area contributed by atoms with E-state index in [0.717, 1.165) is 22.3 Å². The van der Waals surface area contributed by atoms with Crippen LogP contribution in [-0.2, 0) is 14.9 Å². The van der Waals surface area contributed by atoms with Crippen LogP contribution in [0.2, 0.25) is 5.02 Å². The van der Waals surface area contributed by atoms with Crippen LogP contribution in [0.25, 0.3) is 22.5 Å². The topological polar surface area (TPSA) is 102 Å². The van der Waals surface area contributed by atoms with Crippen LogP contribution >= 0.6 is 11.6 Å². The predicted molar refractivity (Wildman–Crippen MR) is 141 cm³/mol. The molecule has 4 aromatic rings. The van der Waals surface area contributed by atoms with Crippen molar-refractivity contribution in [2.24, 2.45) is 0 Å². The van der Waals surface area contributed by atoms with Crippen LogP contribution in [0.3, 0.4) is 0 Å². The smallest absolute Gasteiger partial charge is 0.412 e. The van der Waals surface area contributed by atoms with E-state index in [1.807, 2.05) is 66.7 Å². The summed E-state index contributed by atoms with van der Waals surface area (Å²) in [4.78, 5) is 24.2. The van der Waals surface area contributed by atoms with E-state index in [0.29, 0.717) is 40.6 Å². The lowest BCUT2D eigenvalue weighted by Gasteiger charge is -2.15. The number of carbonyl (C=O) groups excluding carboxylic acids is 1. The number of rotatable bonds is 7. The van der Waals surface area contributed by atoms with Gasteiger partial charge < -0.3 is 14.4 Å². The molecule has 0 unspecified atom stereocenters. The van der Waals surface area contributed by atoms with Gasteiger partial charge in [0.05, 0.1) is 5.41 Å². The van der Waals surface area contributed by atoms with Crippen molar-refractivity contribution < 1.29 is 24.0 Å². The molecule has 8 heteroatoms. The third kappa shape index (κ3) is 4.82. The van der Waals surface area contributed by atoms with Gasteiger partial charge >= 0.3 is 12.1 Å². The number of ether oxygens (including phenoxy) is 1. The minimum Gasteiger partial charge on any atom is -0.481 e. The molecule has 1 fully saturated rings. The number of aliphatic carboxylic acids is 1. The molecule has 2 N–H and O–H groups in total. The van der Waals surface area contributed by atoms with E-state index in [-0.39, 0.29) is 0 Å². The Morgan fingerprint density at radius 2 is 1.59 bits per heavy atom. The number of hydrogen-bond acceptors (Lipinski definition) is 5.